The van der Waals surface area contributed by atoms with Crippen molar-refractivity contribution in [3.63, 3.8) is 0 Å². The third-order valence-corrected chi connectivity index (χ3v) is 6.25. The lowest BCUT2D eigenvalue weighted by Crippen LogP contribution is -2.41. The van der Waals surface area contributed by atoms with E-state index >= 15 is 0 Å². The highest BCUT2D eigenvalue weighted by molar-refractivity contribution is 7.91. The maximum Gasteiger partial charge on any atom is 0.274 e. The van der Waals surface area contributed by atoms with Gasteiger partial charge in [0.15, 0.2) is 21.3 Å². The molecule has 144 valence electrons. The van der Waals surface area contributed by atoms with Crippen LogP contribution >= 0.6 is 0 Å². The molecule has 1 aromatic heterocycles. The molecule has 1 unspecified atom stereocenters. The van der Waals surface area contributed by atoms with Gasteiger partial charge in [-0.2, -0.15) is 0 Å². The number of nitrogens with one attached hydrogen (secondary N) is 1. The fraction of sp³-hybridized carbons (Fsp3) is 0.389. The molecule has 0 spiro atoms. The van der Waals surface area contributed by atoms with Crippen LogP contribution in [-0.4, -0.2) is 60.6 Å². The Morgan fingerprint density at radius 2 is 1.96 bits per heavy atom. The SMILES string of the molecule is CCN(C(=O)c1ccc(Nc2ccc(OC)cc2)nn1)C1CCS(=O)(=O)C1. The van der Waals surface area contributed by atoms with Crippen LogP contribution in [0.2, 0.25) is 0 Å². The van der Waals surface area contributed by atoms with Crippen LogP contribution < -0.4 is 10.1 Å². The minimum absolute atomic E-state index is 0.0110. The standard InChI is InChI=1S/C18H22N4O4S/c1-3-22(14-10-11-27(24,25)12-14)18(23)16-8-9-17(21-20-16)19-13-4-6-15(26-2)7-5-13/h4-9,14H,3,10-12H2,1-2H3,(H,19,21). The Morgan fingerprint density at radius 3 is 2.48 bits per heavy atom. The minimum Gasteiger partial charge on any atom is -0.497 e. The number of amides is 1. The molecule has 1 N–H and O–H groups in total. The number of ether oxygens (including phenoxy) is 1. The van der Waals surface area contributed by atoms with Crippen molar-refractivity contribution >= 4 is 27.2 Å². The van der Waals surface area contributed by atoms with Gasteiger partial charge in [-0.3, -0.25) is 4.79 Å². The first kappa shape index (κ1) is 19.1. The van der Waals surface area contributed by atoms with Gasteiger partial charge in [0.05, 0.1) is 18.6 Å². The van der Waals surface area contributed by atoms with E-state index in [0.717, 1.165) is 11.4 Å². The lowest BCUT2D eigenvalue weighted by molar-refractivity contribution is 0.0701. The fourth-order valence-electron chi connectivity index (χ4n) is 3.07. The van der Waals surface area contributed by atoms with Crippen molar-refractivity contribution in [2.24, 2.45) is 0 Å². The summed E-state index contributed by atoms with van der Waals surface area (Å²) in [5.74, 6) is 1.09. The molecule has 1 fully saturated rings. The van der Waals surface area contributed by atoms with Crippen LogP contribution in [0.1, 0.15) is 23.8 Å². The second-order valence-electron chi connectivity index (χ2n) is 6.31. The van der Waals surface area contributed by atoms with E-state index < -0.39 is 9.84 Å². The molecule has 3 rings (SSSR count). The van der Waals surface area contributed by atoms with Gasteiger partial charge in [0.25, 0.3) is 5.91 Å². The monoisotopic (exact) mass is 390 g/mol. The molecule has 0 radical (unpaired) electrons. The van der Waals surface area contributed by atoms with Crippen LogP contribution in [-0.2, 0) is 9.84 Å². The Bertz CT molecular complexity index is 898. The number of hydrogen-bond donors (Lipinski definition) is 1. The molecule has 1 aliphatic heterocycles. The molecule has 0 aliphatic carbocycles. The number of rotatable bonds is 6. The topological polar surface area (TPSA) is 101 Å². The second kappa shape index (κ2) is 7.91. The molecular formula is C18H22N4O4S. The van der Waals surface area contributed by atoms with Crippen LogP contribution in [0.4, 0.5) is 11.5 Å². The first-order chi connectivity index (χ1) is 12.9. The summed E-state index contributed by atoms with van der Waals surface area (Å²) in [5, 5.41) is 11.2. The number of nitrogens with zero attached hydrogens (tertiary/aromatic N) is 3. The normalized spacial score (nSPS) is 18.1. The zero-order chi connectivity index (χ0) is 19.4. The molecule has 1 aliphatic rings. The summed E-state index contributed by atoms with van der Waals surface area (Å²) in [6, 6.07) is 10.3. The van der Waals surface area contributed by atoms with Gasteiger partial charge < -0.3 is 15.0 Å². The lowest BCUT2D eigenvalue weighted by atomic mass is 10.2. The number of hydrogen-bond acceptors (Lipinski definition) is 7. The Hall–Kier alpha value is -2.68. The molecular weight excluding hydrogens is 368 g/mol. The fourth-order valence-corrected chi connectivity index (χ4v) is 4.80. The molecule has 1 saturated heterocycles. The summed E-state index contributed by atoms with van der Waals surface area (Å²) < 4.78 is 28.5. The van der Waals surface area contributed by atoms with Gasteiger partial charge in [0, 0.05) is 18.3 Å². The van der Waals surface area contributed by atoms with E-state index in [1.54, 1.807) is 24.1 Å². The molecule has 9 heteroatoms. The maximum absolute atomic E-state index is 12.7. The highest BCUT2D eigenvalue weighted by atomic mass is 32.2. The van der Waals surface area contributed by atoms with Crippen LogP contribution in [0.5, 0.6) is 5.75 Å². The molecule has 8 nitrogen and oxygen atoms in total. The number of carbonyl (C=O) groups excluding carboxylic acids is 1. The summed E-state index contributed by atoms with van der Waals surface area (Å²) in [7, 11) is -1.46. The average molecular weight is 390 g/mol. The van der Waals surface area contributed by atoms with E-state index in [1.165, 1.54) is 0 Å². The van der Waals surface area contributed by atoms with Gasteiger partial charge in [-0.15, -0.1) is 10.2 Å². The number of methoxy groups -OCH3 is 1. The predicted molar refractivity (Wildman–Crippen MR) is 102 cm³/mol. The smallest absolute Gasteiger partial charge is 0.274 e. The van der Waals surface area contributed by atoms with Gasteiger partial charge in [-0.1, -0.05) is 0 Å². The van der Waals surface area contributed by atoms with E-state index in [0.29, 0.717) is 18.8 Å². The minimum atomic E-state index is -3.06. The van der Waals surface area contributed by atoms with Crippen molar-refractivity contribution < 1.29 is 17.9 Å². The maximum atomic E-state index is 12.7. The summed E-state index contributed by atoms with van der Waals surface area (Å²) in [6.45, 7) is 2.25. The summed E-state index contributed by atoms with van der Waals surface area (Å²) >= 11 is 0. The van der Waals surface area contributed by atoms with Crippen molar-refractivity contribution in [3.8, 4) is 5.75 Å². The van der Waals surface area contributed by atoms with Gasteiger partial charge in [-0.05, 0) is 49.7 Å². The zero-order valence-electron chi connectivity index (χ0n) is 15.3. The Labute approximate surface area is 158 Å². The van der Waals surface area contributed by atoms with Crippen molar-refractivity contribution in [1.29, 1.82) is 0 Å². The van der Waals surface area contributed by atoms with Crippen LogP contribution in [0.3, 0.4) is 0 Å². The van der Waals surface area contributed by atoms with Crippen molar-refractivity contribution in [2.45, 2.75) is 19.4 Å². The zero-order valence-corrected chi connectivity index (χ0v) is 16.1. The second-order valence-corrected chi connectivity index (χ2v) is 8.53. The van der Waals surface area contributed by atoms with E-state index in [2.05, 4.69) is 15.5 Å². The Morgan fingerprint density at radius 1 is 1.22 bits per heavy atom. The molecule has 1 amide bonds. The quantitative estimate of drug-likeness (QED) is 0.803. The number of sulfone groups is 1. The Kier molecular flexibility index (Phi) is 5.59. The molecule has 27 heavy (non-hydrogen) atoms. The van der Waals surface area contributed by atoms with Crippen molar-refractivity contribution in [3.05, 3.63) is 42.1 Å². The lowest BCUT2D eigenvalue weighted by Gasteiger charge is -2.26. The first-order valence-electron chi connectivity index (χ1n) is 8.68. The molecule has 1 aromatic carbocycles. The van der Waals surface area contributed by atoms with Crippen LogP contribution in [0.15, 0.2) is 36.4 Å². The number of anilines is 2. The third kappa shape index (κ3) is 4.54. The van der Waals surface area contributed by atoms with Gasteiger partial charge in [0.1, 0.15) is 5.75 Å². The summed E-state index contributed by atoms with van der Waals surface area (Å²) in [6.07, 6.45) is 0.465. The first-order valence-corrected chi connectivity index (χ1v) is 10.5. The van der Waals surface area contributed by atoms with Gasteiger partial charge in [-0.25, -0.2) is 8.42 Å². The molecule has 0 bridgehead atoms. The largest absolute Gasteiger partial charge is 0.497 e. The van der Waals surface area contributed by atoms with Crippen molar-refractivity contribution in [2.75, 3.05) is 30.5 Å². The number of aromatic nitrogens is 2. The van der Waals surface area contributed by atoms with E-state index in [9.17, 15) is 13.2 Å². The van der Waals surface area contributed by atoms with Gasteiger partial charge in [0.2, 0.25) is 0 Å². The highest BCUT2D eigenvalue weighted by Gasteiger charge is 2.34. The van der Waals surface area contributed by atoms with Crippen LogP contribution in [0.25, 0.3) is 0 Å². The summed E-state index contributed by atoms with van der Waals surface area (Å²) in [5.41, 5.74) is 1.01. The summed E-state index contributed by atoms with van der Waals surface area (Å²) in [4.78, 5) is 14.3. The molecule has 1 atom stereocenters. The predicted octanol–water partition coefficient (Wildman–Crippen LogP) is 1.88. The third-order valence-electron chi connectivity index (χ3n) is 4.50. The van der Waals surface area contributed by atoms with Crippen LogP contribution in [0, 0.1) is 0 Å². The van der Waals surface area contributed by atoms with Crippen molar-refractivity contribution in [1.82, 2.24) is 15.1 Å². The molecule has 2 heterocycles. The van der Waals surface area contributed by atoms with E-state index in [-0.39, 0.29) is 29.1 Å². The van der Waals surface area contributed by atoms with Gasteiger partial charge >= 0.3 is 0 Å². The molecule has 2 aromatic rings. The highest BCUT2D eigenvalue weighted by Crippen LogP contribution is 2.21. The van der Waals surface area contributed by atoms with E-state index in [4.69, 9.17) is 4.74 Å². The molecule has 0 saturated carbocycles. The number of carbonyl (C=O) groups is 1. The van der Waals surface area contributed by atoms with E-state index in [1.807, 2.05) is 31.2 Å². The number of benzene rings is 1. The average Bonchev–Trinajstić information content (AvgIpc) is 3.03. The Balaban J connectivity index is 1.69.